The molecule has 0 bridgehead atoms. The van der Waals surface area contributed by atoms with Crippen LogP contribution in [0.25, 0.3) is 0 Å². The summed E-state index contributed by atoms with van der Waals surface area (Å²) in [5, 5.41) is 8.77. The van der Waals surface area contributed by atoms with Crippen LogP contribution in [-0.2, 0) is 4.74 Å². The summed E-state index contributed by atoms with van der Waals surface area (Å²) in [6.45, 7) is 0. The molecule has 0 fully saturated rings. The molecule has 4 nitrogen and oxygen atoms in total. The van der Waals surface area contributed by atoms with Gasteiger partial charge in [-0.25, -0.2) is 4.79 Å². The predicted octanol–water partition coefficient (Wildman–Crippen LogP) is 3.31. The van der Waals surface area contributed by atoms with E-state index >= 15 is 0 Å². The van der Waals surface area contributed by atoms with Crippen LogP contribution < -0.4 is 0 Å². The zero-order valence-electron chi connectivity index (χ0n) is 10.0. The third-order valence-corrected chi connectivity index (χ3v) is 2.62. The standard InChI is InChI=1S/C15H12O4/c16-13(11-7-3-1-4-8-11)14(19-15(17)18)12-9-5-2-6-10-12/h1-10,14H,(H,17,18). The Kier molecular flexibility index (Phi) is 3.93. The van der Waals surface area contributed by atoms with Crippen LogP contribution in [0.1, 0.15) is 22.0 Å². The van der Waals surface area contributed by atoms with Crippen molar-refractivity contribution in [2.45, 2.75) is 6.10 Å². The lowest BCUT2D eigenvalue weighted by Gasteiger charge is -2.15. The van der Waals surface area contributed by atoms with Gasteiger partial charge in [-0.15, -0.1) is 0 Å². The number of ether oxygens (including phenoxy) is 1. The zero-order valence-corrected chi connectivity index (χ0v) is 10.0. The van der Waals surface area contributed by atoms with Gasteiger partial charge in [0.05, 0.1) is 0 Å². The highest BCUT2D eigenvalue weighted by Crippen LogP contribution is 2.22. The number of rotatable bonds is 4. The predicted molar refractivity (Wildman–Crippen MR) is 69.1 cm³/mol. The molecule has 2 aromatic rings. The molecule has 0 heterocycles. The summed E-state index contributed by atoms with van der Waals surface area (Å²) in [4.78, 5) is 23.0. The minimum absolute atomic E-state index is 0.380. The Morgan fingerprint density at radius 1 is 0.895 bits per heavy atom. The maximum atomic E-state index is 12.3. The van der Waals surface area contributed by atoms with Gasteiger partial charge >= 0.3 is 6.16 Å². The normalized spacial score (nSPS) is 11.6. The molecule has 96 valence electrons. The van der Waals surface area contributed by atoms with Crippen molar-refractivity contribution in [3.63, 3.8) is 0 Å². The van der Waals surface area contributed by atoms with Gasteiger partial charge in [0.25, 0.3) is 0 Å². The van der Waals surface area contributed by atoms with Gasteiger partial charge in [0.15, 0.2) is 6.10 Å². The van der Waals surface area contributed by atoms with E-state index in [1.165, 1.54) is 0 Å². The van der Waals surface area contributed by atoms with Gasteiger partial charge in [0.2, 0.25) is 5.78 Å². The van der Waals surface area contributed by atoms with Crippen molar-refractivity contribution in [3.05, 3.63) is 71.8 Å². The molecule has 4 heteroatoms. The largest absolute Gasteiger partial charge is 0.506 e. The summed E-state index contributed by atoms with van der Waals surface area (Å²) < 4.78 is 4.72. The monoisotopic (exact) mass is 256 g/mol. The number of carbonyl (C=O) groups is 2. The van der Waals surface area contributed by atoms with Crippen molar-refractivity contribution in [2.24, 2.45) is 0 Å². The summed E-state index contributed by atoms with van der Waals surface area (Å²) in [5.74, 6) is -0.380. The van der Waals surface area contributed by atoms with Crippen molar-refractivity contribution >= 4 is 11.9 Å². The van der Waals surface area contributed by atoms with Crippen LogP contribution in [0.3, 0.4) is 0 Å². The Balaban J connectivity index is 2.33. The number of carbonyl (C=O) groups excluding carboxylic acids is 1. The molecule has 0 spiro atoms. The average Bonchev–Trinajstić information content (AvgIpc) is 2.46. The third-order valence-electron chi connectivity index (χ3n) is 2.62. The van der Waals surface area contributed by atoms with Crippen LogP contribution in [0, 0.1) is 0 Å². The van der Waals surface area contributed by atoms with E-state index in [2.05, 4.69) is 0 Å². The van der Waals surface area contributed by atoms with Gasteiger partial charge in [-0.2, -0.15) is 0 Å². The number of ketones is 1. The fourth-order valence-electron chi connectivity index (χ4n) is 1.76. The first-order valence-corrected chi connectivity index (χ1v) is 5.72. The quantitative estimate of drug-likeness (QED) is 0.673. The highest BCUT2D eigenvalue weighted by molar-refractivity contribution is 6.00. The second-order valence-electron chi connectivity index (χ2n) is 3.90. The van der Waals surface area contributed by atoms with E-state index in [1.807, 2.05) is 0 Å². The Hall–Kier alpha value is -2.62. The van der Waals surface area contributed by atoms with E-state index in [9.17, 15) is 9.59 Å². The first kappa shape index (κ1) is 12.8. The van der Waals surface area contributed by atoms with Crippen LogP contribution in [0.15, 0.2) is 60.7 Å². The Morgan fingerprint density at radius 2 is 1.42 bits per heavy atom. The van der Waals surface area contributed by atoms with E-state index in [0.29, 0.717) is 11.1 Å². The lowest BCUT2D eigenvalue weighted by atomic mass is 10.00. The second-order valence-corrected chi connectivity index (χ2v) is 3.90. The minimum Gasteiger partial charge on any atom is -0.450 e. The molecule has 0 amide bonds. The summed E-state index contributed by atoms with van der Waals surface area (Å²) in [6, 6.07) is 17.0. The van der Waals surface area contributed by atoms with Gasteiger partial charge < -0.3 is 9.84 Å². The average molecular weight is 256 g/mol. The fourth-order valence-corrected chi connectivity index (χ4v) is 1.76. The van der Waals surface area contributed by atoms with Crippen LogP contribution in [0.4, 0.5) is 4.79 Å². The molecule has 0 aliphatic heterocycles. The van der Waals surface area contributed by atoms with Crippen LogP contribution >= 0.6 is 0 Å². The number of hydrogen-bond donors (Lipinski definition) is 1. The molecule has 0 aliphatic rings. The molecule has 2 aromatic carbocycles. The number of Topliss-reactive ketones (excluding diaryl/α,β-unsaturated/α-hetero) is 1. The molecule has 0 aromatic heterocycles. The minimum atomic E-state index is -1.47. The lowest BCUT2D eigenvalue weighted by Crippen LogP contribution is -2.19. The van der Waals surface area contributed by atoms with Crippen molar-refractivity contribution < 1.29 is 19.4 Å². The van der Waals surface area contributed by atoms with Crippen LogP contribution in [0.2, 0.25) is 0 Å². The SMILES string of the molecule is O=C(O)OC(C(=O)c1ccccc1)c1ccccc1. The summed E-state index contributed by atoms with van der Waals surface area (Å²) >= 11 is 0. The topological polar surface area (TPSA) is 63.6 Å². The molecule has 1 unspecified atom stereocenters. The zero-order chi connectivity index (χ0) is 13.7. The second kappa shape index (κ2) is 5.82. The van der Waals surface area contributed by atoms with E-state index in [4.69, 9.17) is 9.84 Å². The van der Waals surface area contributed by atoms with Crippen molar-refractivity contribution in [1.82, 2.24) is 0 Å². The Morgan fingerprint density at radius 3 is 1.95 bits per heavy atom. The van der Waals surface area contributed by atoms with E-state index in [-0.39, 0.29) is 5.78 Å². The van der Waals surface area contributed by atoms with Gasteiger partial charge in [0.1, 0.15) is 0 Å². The first-order valence-electron chi connectivity index (χ1n) is 5.72. The number of benzene rings is 2. The molecule has 1 N–H and O–H groups in total. The van der Waals surface area contributed by atoms with Gasteiger partial charge in [0, 0.05) is 11.1 Å². The molecule has 0 radical (unpaired) electrons. The lowest BCUT2D eigenvalue weighted by molar-refractivity contribution is 0.0419. The molecule has 0 aliphatic carbocycles. The Bertz CT molecular complexity index is 563. The van der Waals surface area contributed by atoms with Gasteiger partial charge in [-0.1, -0.05) is 60.7 Å². The van der Waals surface area contributed by atoms with E-state index in [0.717, 1.165) is 0 Å². The molecule has 0 saturated carbocycles. The molecule has 19 heavy (non-hydrogen) atoms. The third kappa shape index (κ3) is 3.19. The Labute approximate surface area is 110 Å². The highest BCUT2D eigenvalue weighted by Gasteiger charge is 2.25. The van der Waals surface area contributed by atoms with Crippen molar-refractivity contribution in [2.75, 3.05) is 0 Å². The molecular formula is C15H12O4. The van der Waals surface area contributed by atoms with E-state index < -0.39 is 12.3 Å². The molecule has 1 atom stereocenters. The molecule has 2 rings (SSSR count). The maximum absolute atomic E-state index is 12.3. The van der Waals surface area contributed by atoms with Crippen LogP contribution in [-0.4, -0.2) is 17.0 Å². The smallest absolute Gasteiger partial charge is 0.450 e. The van der Waals surface area contributed by atoms with Crippen molar-refractivity contribution in [1.29, 1.82) is 0 Å². The van der Waals surface area contributed by atoms with Gasteiger partial charge in [-0.05, 0) is 0 Å². The maximum Gasteiger partial charge on any atom is 0.506 e. The summed E-state index contributed by atoms with van der Waals surface area (Å²) in [7, 11) is 0. The molecular weight excluding hydrogens is 244 g/mol. The van der Waals surface area contributed by atoms with Crippen LogP contribution in [0.5, 0.6) is 0 Å². The first-order chi connectivity index (χ1) is 9.18. The van der Waals surface area contributed by atoms with E-state index in [1.54, 1.807) is 60.7 Å². The number of carboxylic acid groups (broad SMARTS) is 1. The summed E-state index contributed by atoms with van der Waals surface area (Å²) in [5.41, 5.74) is 0.927. The molecule has 0 saturated heterocycles. The van der Waals surface area contributed by atoms with Crippen molar-refractivity contribution in [3.8, 4) is 0 Å². The fraction of sp³-hybridized carbons (Fsp3) is 0.0667. The van der Waals surface area contributed by atoms with Gasteiger partial charge in [-0.3, -0.25) is 4.79 Å². The number of hydrogen-bond acceptors (Lipinski definition) is 3. The highest BCUT2D eigenvalue weighted by atomic mass is 16.7. The summed E-state index contributed by atoms with van der Waals surface area (Å²) in [6.07, 6.45) is -2.61.